The van der Waals surface area contributed by atoms with Gasteiger partial charge in [-0.25, -0.2) is 9.18 Å². The van der Waals surface area contributed by atoms with Crippen molar-refractivity contribution in [1.29, 1.82) is 5.41 Å². The number of aliphatic hydroxyl groups is 1. The van der Waals surface area contributed by atoms with Crippen LogP contribution in [0.5, 0.6) is 0 Å². The number of aryl methyl sites for hydroxylation is 1. The molecule has 0 amide bonds. The van der Waals surface area contributed by atoms with Crippen molar-refractivity contribution in [3.05, 3.63) is 81.1 Å². The lowest BCUT2D eigenvalue weighted by molar-refractivity contribution is 0.244. The monoisotopic (exact) mass is 581 g/mol. The van der Waals surface area contributed by atoms with Crippen LogP contribution in [0.25, 0.3) is 28.0 Å². The second kappa shape index (κ2) is 13.9. The quantitative estimate of drug-likeness (QED) is 0.0782. The molecule has 11 heteroatoms. The van der Waals surface area contributed by atoms with Crippen molar-refractivity contribution in [2.45, 2.75) is 51.6 Å². The average molecular weight is 582 g/mol. The molecule has 2 heterocycles. The lowest BCUT2D eigenvalue weighted by Gasteiger charge is -2.17. The predicted octanol–water partition coefficient (Wildman–Crippen LogP) is 4.44. The lowest BCUT2D eigenvalue weighted by atomic mass is 10.0. The second-order valence-electron chi connectivity index (χ2n) is 10.4. The molecule has 2 aromatic carbocycles. The Bertz CT molecular complexity index is 1550. The van der Waals surface area contributed by atoms with Gasteiger partial charge in [0, 0.05) is 29.7 Å². The van der Waals surface area contributed by atoms with Gasteiger partial charge in [0.05, 0.1) is 34.9 Å². The number of benzene rings is 2. The van der Waals surface area contributed by atoms with Gasteiger partial charge in [-0.3, -0.25) is 9.98 Å². The van der Waals surface area contributed by atoms with E-state index in [0.29, 0.717) is 46.9 Å². The number of fused-ring (bicyclic) bond motifs is 1. The minimum absolute atomic E-state index is 0.0402. The fraction of sp³-hybridized carbons (Fsp3) is 0.367. The predicted molar refractivity (Wildman–Crippen MR) is 163 cm³/mol. The smallest absolute Gasteiger partial charge is 0.354 e. The standard InChI is InChI=1S/C30H37ClFN7O2/c1-18(33)5-3-6-20-13-24(28(32)25(31)14-20)26-15-22-16-39(30(41)38-29(22)37-26)23-9-7-21(8-10-23)27(17-40)36-12-4-11-35-19(2)34/h7-10,13-16,18,27,36,40H,3-6,11-12,17,33H2,1-2H3,(H2,34,35)(H,37,38,41)/t18-,27-/m0/s1. The van der Waals surface area contributed by atoms with E-state index < -0.39 is 11.5 Å². The van der Waals surface area contributed by atoms with Crippen LogP contribution in [0.1, 0.15) is 50.3 Å². The molecule has 0 aliphatic heterocycles. The van der Waals surface area contributed by atoms with Gasteiger partial charge in [-0.05, 0) is 87.5 Å². The van der Waals surface area contributed by atoms with Gasteiger partial charge in [-0.2, -0.15) is 4.98 Å². The topological polar surface area (TPSA) is 145 Å². The second-order valence-corrected chi connectivity index (χ2v) is 10.8. The summed E-state index contributed by atoms with van der Waals surface area (Å²) < 4.78 is 16.5. The molecule has 2 aromatic heterocycles. The third-order valence-electron chi connectivity index (χ3n) is 6.90. The van der Waals surface area contributed by atoms with E-state index in [1.165, 1.54) is 4.57 Å². The maximum atomic E-state index is 15.1. The molecule has 41 heavy (non-hydrogen) atoms. The zero-order chi connectivity index (χ0) is 29.5. The molecule has 9 nitrogen and oxygen atoms in total. The van der Waals surface area contributed by atoms with E-state index in [2.05, 4.69) is 20.6 Å². The van der Waals surface area contributed by atoms with Crippen LogP contribution in [-0.4, -0.2) is 51.2 Å². The molecule has 7 N–H and O–H groups in total. The Morgan fingerprint density at radius 1 is 1.22 bits per heavy atom. The van der Waals surface area contributed by atoms with Crippen molar-refractivity contribution in [1.82, 2.24) is 25.2 Å². The Morgan fingerprint density at radius 3 is 2.66 bits per heavy atom. The molecule has 2 atom stereocenters. The Morgan fingerprint density at radius 2 is 1.98 bits per heavy atom. The summed E-state index contributed by atoms with van der Waals surface area (Å²) in [6, 6.07) is 12.3. The molecule has 0 aliphatic carbocycles. The van der Waals surface area contributed by atoms with Crippen molar-refractivity contribution in [2.24, 2.45) is 5.73 Å². The third kappa shape index (κ3) is 7.80. The van der Waals surface area contributed by atoms with Crippen LogP contribution in [0.3, 0.4) is 0 Å². The zero-order valence-electron chi connectivity index (χ0n) is 23.3. The number of aromatic nitrogens is 3. The maximum absolute atomic E-state index is 15.1. The molecule has 0 fully saturated rings. The summed E-state index contributed by atoms with van der Waals surface area (Å²) in [5, 5.41) is 24.2. The zero-order valence-corrected chi connectivity index (χ0v) is 24.1. The van der Waals surface area contributed by atoms with Crippen molar-refractivity contribution in [3.63, 3.8) is 0 Å². The van der Waals surface area contributed by atoms with Gasteiger partial charge in [-0.15, -0.1) is 0 Å². The maximum Gasteiger partial charge on any atom is 0.354 e. The summed E-state index contributed by atoms with van der Waals surface area (Å²) in [5.41, 5.74) is 8.94. The first kappa shape index (κ1) is 30.4. The van der Waals surface area contributed by atoms with Gasteiger partial charge < -0.3 is 26.5 Å². The summed E-state index contributed by atoms with van der Waals surface area (Å²) in [5.74, 6) is -0.110. The molecule has 4 rings (SSSR count). The first-order valence-corrected chi connectivity index (χ1v) is 14.1. The lowest BCUT2D eigenvalue weighted by Crippen LogP contribution is -2.29. The number of nitrogens with zero attached hydrogens (tertiary/aromatic N) is 2. The van der Waals surface area contributed by atoms with Crippen molar-refractivity contribution < 1.29 is 9.50 Å². The number of rotatable bonds is 13. The van der Waals surface area contributed by atoms with Gasteiger partial charge in [0.15, 0.2) is 5.82 Å². The summed E-state index contributed by atoms with van der Waals surface area (Å²) in [4.78, 5) is 20.2. The molecule has 0 radical (unpaired) electrons. The van der Waals surface area contributed by atoms with Crippen LogP contribution < -0.4 is 22.1 Å². The van der Waals surface area contributed by atoms with E-state index in [-0.39, 0.29) is 23.7 Å². The number of aromatic amines is 1. The van der Waals surface area contributed by atoms with E-state index in [1.807, 2.05) is 19.1 Å². The number of H-pyrrole nitrogens is 1. The van der Waals surface area contributed by atoms with Gasteiger partial charge in [0.1, 0.15) is 5.65 Å². The number of nitrogens with one attached hydrogen (secondary N) is 4. The molecule has 0 unspecified atom stereocenters. The summed E-state index contributed by atoms with van der Waals surface area (Å²) in [6.45, 7) is 4.92. The minimum atomic E-state index is -0.534. The molecule has 0 saturated heterocycles. The molecule has 0 saturated carbocycles. The van der Waals surface area contributed by atoms with Crippen LogP contribution >= 0.6 is 11.6 Å². The van der Waals surface area contributed by atoms with Crippen LogP contribution in [0, 0.1) is 11.2 Å². The molecule has 218 valence electrons. The fourth-order valence-electron chi connectivity index (χ4n) is 4.73. The number of aliphatic hydroxyl groups excluding tert-OH is 1. The first-order valence-electron chi connectivity index (χ1n) is 13.8. The number of hydrogen-bond donors (Lipinski definition) is 6. The van der Waals surface area contributed by atoms with Gasteiger partial charge >= 0.3 is 5.69 Å². The average Bonchev–Trinajstić information content (AvgIpc) is 3.34. The number of nitrogens with two attached hydrogens (primary N) is 1. The SMILES string of the molecule is CC(=N)NCCCN[C@@H](CO)c1ccc(-n2cc3cc(-c4cc(CCC[C@H](C)N)cc(Cl)c4F)[nH]c3nc2=O)cc1. The highest BCUT2D eigenvalue weighted by atomic mass is 35.5. The first-order chi connectivity index (χ1) is 19.7. The summed E-state index contributed by atoms with van der Waals surface area (Å²) in [7, 11) is 0. The minimum Gasteiger partial charge on any atom is -0.394 e. The normalized spacial score (nSPS) is 12.9. The number of hydrogen-bond acceptors (Lipinski definition) is 6. The van der Waals surface area contributed by atoms with Crippen LogP contribution in [0.15, 0.2) is 53.5 Å². The van der Waals surface area contributed by atoms with Crippen LogP contribution in [-0.2, 0) is 6.42 Å². The van der Waals surface area contributed by atoms with E-state index >= 15 is 4.39 Å². The van der Waals surface area contributed by atoms with E-state index in [0.717, 1.165) is 36.8 Å². The highest BCUT2D eigenvalue weighted by molar-refractivity contribution is 6.31. The molecule has 4 aromatic rings. The Kier molecular flexibility index (Phi) is 10.3. The van der Waals surface area contributed by atoms with E-state index in [9.17, 15) is 9.90 Å². The fourth-order valence-corrected chi connectivity index (χ4v) is 4.98. The Balaban J connectivity index is 1.54. The number of halogens is 2. The highest BCUT2D eigenvalue weighted by Crippen LogP contribution is 2.31. The third-order valence-corrected chi connectivity index (χ3v) is 7.18. The molecular formula is C30H37ClFN7O2. The molecule has 0 spiro atoms. The van der Waals surface area contributed by atoms with Gasteiger partial charge in [-0.1, -0.05) is 23.7 Å². The number of amidine groups is 1. The highest BCUT2D eigenvalue weighted by Gasteiger charge is 2.16. The Labute approximate surface area is 243 Å². The van der Waals surface area contributed by atoms with Crippen molar-refractivity contribution >= 4 is 28.5 Å². The van der Waals surface area contributed by atoms with Crippen LogP contribution in [0.2, 0.25) is 5.02 Å². The van der Waals surface area contributed by atoms with E-state index in [1.54, 1.807) is 43.5 Å². The van der Waals surface area contributed by atoms with E-state index in [4.69, 9.17) is 22.7 Å². The van der Waals surface area contributed by atoms with Gasteiger partial charge in [0.2, 0.25) is 0 Å². The summed E-state index contributed by atoms with van der Waals surface area (Å²) >= 11 is 6.22. The van der Waals surface area contributed by atoms with Crippen molar-refractivity contribution in [3.8, 4) is 16.9 Å². The van der Waals surface area contributed by atoms with Crippen molar-refractivity contribution in [2.75, 3.05) is 19.7 Å². The Hall–Kier alpha value is -3.57. The van der Waals surface area contributed by atoms with Gasteiger partial charge in [0.25, 0.3) is 0 Å². The summed E-state index contributed by atoms with van der Waals surface area (Å²) in [6.07, 6.45) is 4.92. The van der Waals surface area contributed by atoms with Crippen LogP contribution in [0.4, 0.5) is 4.39 Å². The molecule has 0 aliphatic rings. The molecular weight excluding hydrogens is 545 g/mol. The molecule has 0 bridgehead atoms. The largest absolute Gasteiger partial charge is 0.394 e.